The fraction of sp³-hybridized carbons (Fsp3) is 0.286. The Morgan fingerprint density at radius 1 is 1.35 bits per heavy atom. The molecule has 0 bridgehead atoms. The van der Waals surface area contributed by atoms with Crippen molar-refractivity contribution < 1.29 is 4.79 Å². The minimum Gasteiger partial charge on any atom is -0.397 e. The van der Waals surface area contributed by atoms with Crippen LogP contribution in [0.2, 0.25) is 5.02 Å². The Bertz CT molecular complexity index is 720. The van der Waals surface area contributed by atoms with Crippen molar-refractivity contribution in [1.29, 1.82) is 0 Å². The Labute approximate surface area is 121 Å². The third-order valence-electron chi connectivity index (χ3n) is 3.58. The highest BCUT2D eigenvalue weighted by molar-refractivity contribution is 6.31. The van der Waals surface area contributed by atoms with Gasteiger partial charge in [-0.3, -0.25) is 4.79 Å². The number of nitrogen functional groups attached to an aromatic ring is 1. The van der Waals surface area contributed by atoms with E-state index in [0.29, 0.717) is 23.6 Å². The second-order valence-electron chi connectivity index (χ2n) is 5.01. The first kappa shape index (κ1) is 13.0. The Balaban J connectivity index is 2.15. The molecule has 20 heavy (non-hydrogen) atoms. The van der Waals surface area contributed by atoms with Crippen molar-refractivity contribution in [3.05, 3.63) is 34.1 Å². The van der Waals surface area contributed by atoms with Gasteiger partial charge in [0.25, 0.3) is 0 Å². The molecule has 0 saturated heterocycles. The van der Waals surface area contributed by atoms with Crippen molar-refractivity contribution in [2.45, 2.75) is 26.7 Å². The molecule has 1 aromatic heterocycles. The number of nitrogens with zero attached hydrogens (tertiary/aromatic N) is 2. The van der Waals surface area contributed by atoms with Crippen molar-refractivity contribution in [3.8, 4) is 5.69 Å². The number of aryl methyl sites for hydroxylation is 2. The van der Waals surface area contributed by atoms with Gasteiger partial charge in [0.05, 0.1) is 27.8 Å². The second kappa shape index (κ2) is 4.52. The maximum absolute atomic E-state index is 11.4. The molecule has 1 aromatic carbocycles. The summed E-state index contributed by atoms with van der Waals surface area (Å²) in [5.41, 5.74) is 10.9. The average molecular weight is 291 g/mol. The van der Waals surface area contributed by atoms with Crippen molar-refractivity contribution in [3.63, 3.8) is 0 Å². The van der Waals surface area contributed by atoms with E-state index in [-0.39, 0.29) is 5.91 Å². The lowest BCUT2D eigenvalue weighted by Crippen LogP contribution is -2.19. The molecule has 0 fully saturated rings. The molecule has 3 rings (SSSR count). The van der Waals surface area contributed by atoms with Crippen LogP contribution in [0.5, 0.6) is 0 Å². The number of amides is 1. The summed E-state index contributed by atoms with van der Waals surface area (Å²) < 4.78 is 1.75. The summed E-state index contributed by atoms with van der Waals surface area (Å²) in [6, 6.07) is 3.76. The molecule has 5 nitrogen and oxygen atoms in total. The highest BCUT2D eigenvalue weighted by Crippen LogP contribution is 2.32. The minimum atomic E-state index is 0.0267. The van der Waals surface area contributed by atoms with Crippen LogP contribution in [-0.4, -0.2) is 15.7 Å². The molecule has 2 aromatic rings. The van der Waals surface area contributed by atoms with Gasteiger partial charge in [0.15, 0.2) is 0 Å². The summed E-state index contributed by atoms with van der Waals surface area (Å²) in [6.07, 6.45) is 1.20. The largest absolute Gasteiger partial charge is 0.397 e. The number of hydrogen-bond acceptors (Lipinski definition) is 3. The summed E-state index contributed by atoms with van der Waals surface area (Å²) >= 11 is 6.18. The van der Waals surface area contributed by atoms with Gasteiger partial charge in [0.2, 0.25) is 5.91 Å². The maximum atomic E-state index is 11.4. The molecule has 0 saturated carbocycles. The van der Waals surface area contributed by atoms with Gasteiger partial charge in [0.1, 0.15) is 0 Å². The first-order valence-electron chi connectivity index (χ1n) is 6.41. The maximum Gasteiger partial charge on any atom is 0.224 e. The van der Waals surface area contributed by atoms with E-state index >= 15 is 0 Å². The standard InChI is InChI=1S/C14H15ClN4O/c1-7-14(15)8(2)19(18-7)12-5-9-3-4-13(20)17-11(9)6-10(12)16/h5-6H,3-4,16H2,1-2H3,(H,17,20). The van der Waals surface area contributed by atoms with E-state index in [4.69, 9.17) is 17.3 Å². The van der Waals surface area contributed by atoms with Crippen LogP contribution in [0.25, 0.3) is 5.69 Å². The molecule has 0 unspecified atom stereocenters. The number of nitrogens with one attached hydrogen (secondary N) is 1. The lowest BCUT2D eigenvalue weighted by Gasteiger charge is -2.19. The molecule has 0 spiro atoms. The van der Waals surface area contributed by atoms with E-state index in [1.54, 1.807) is 10.7 Å². The quantitative estimate of drug-likeness (QED) is 0.793. The van der Waals surface area contributed by atoms with Crippen LogP contribution >= 0.6 is 11.6 Å². The second-order valence-corrected chi connectivity index (χ2v) is 5.39. The van der Waals surface area contributed by atoms with Crippen LogP contribution in [0.1, 0.15) is 23.4 Å². The fourth-order valence-corrected chi connectivity index (χ4v) is 2.59. The number of rotatable bonds is 1. The van der Waals surface area contributed by atoms with Gasteiger partial charge in [-0.05, 0) is 38.0 Å². The third kappa shape index (κ3) is 1.94. The number of aromatic nitrogens is 2. The third-order valence-corrected chi connectivity index (χ3v) is 4.13. The number of nitrogens with two attached hydrogens (primary N) is 1. The first-order valence-corrected chi connectivity index (χ1v) is 6.79. The monoisotopic (exact) mass is 290 g/mol. The zero-order valence-corrected chi connectivity index (χ0v) is 12.1. The molecule has 0 atom stereocenters. The van der Waals surface area contributed by atoms with Crippen molar-refractivity contribution >= 4 is 28.9 Å². The molecule has 3 N–H and O–H groups in total. The smallest absolute Gasteiger partial charge is 0.224 e. The van der Waals surface area contributed by atoms with Crippen LogP contribution in [-0.2, 0) is 11.2 Å². The van der Waals surface area contributed by atoms with Crippen molar-refractivity contribution in [1.82, 2.24) is 9.78 Å². The topological polar surface area (TPSA) is 72.9 Å². The number of hydrogen-bond donors (Lipinski definition) is 2. The Kier molecular flexibility index (Phi) is 2.94. The minimum absolute atomic E-state index is 0.0267. The van der Waals surface area contributed by atoms with Crippen LogP contribution < -0.4 is 11.1 Å². The average Bonchev–Trinajstić information content (AvgIpc) is 2.65. The van der Waals surface area contributed by atoms with E-state index in [9.17, 15) is 4.79 Å². The zero-order chi connectivity index (χ0) is 14.4. The molecule has 104 valence electrons. The van der Waals surface area contributed by atoms with Crippen LogP contribution in [0.3, 0.4) is 0 Å². The first-order chi connectivity index (χ1) is 9.47. The lowest BCUT2D eigenvalue weighted by atomic mass is 10.0. The van der Waals surface area contributed by atoms with Gasteiger partial charge in [-0.15, -0.1) is 0 Å². The summed E-state index contributed by atoms with van der Waals surface area (Å²) in [4.78, 5) is 11.4. The van der Waals surface area contributed by atoms with Gasteiger partial charge in [-0.2, -0.15) is 5.10 Å². The van der Waals surface area contributed by atoms with Crippen LogP contribution in [0.4, 0.5) is 11.4 Å². The van der Waals surface area contributed by atoms with E-state index in [1.807, 2.05) is 19.9 Å². The molecule has 1 aliphatic rings. The van der Waals surface area contributed by atoms with Gasteiger partial charge in [0, 0.05) is 12.1 Å². The molecule has 0 radical (unpaired) electrons. The molecule has 0 aliphatic carbocycles. The lowest BCUT2D eigenvalue weighted by molar-refractivity contribution is -0.116. The Hall–Kier alpha value is -2.01. The predicted octanol–water partition coefficient (Wildman–Crippen LogP) is 2.61. The van der Waals surface area contributed by atoms with Gasteiger partial charge in [-0.25, -0.2) is 4.68 Å². The van der Waals surface area contributed by atoms with E-state index < -0.39 is 0 Å². The molecule has 1 aliphatic heterocycles. The van der Waals surface area contributed by atoms with Crippen LogP contribution in [0, 0.1) is 13.8 Å². The number of anilines is 2. The number of benzene rings is 1. The molecule has 6 heteroatoms. The van der Waals surface area contributed by atoms with E-state index in [2.05, 4.69) is 10.4 Å². The fourth-order valence-electron chi connectivity index (χ4n) is 2.47. The summed E-state index contributed by atoms with van der Waals surface area (Å²) in [6.45, 7) is 3.77. The number of fused-ring (bicyclic) bond motifs is 1. The highest BCUT2D eigenvalue weighted by Gasteiger charge is 2.19. The zero-order valence-electron chi connectivity index (χ0n) is 11.3. The van der Waals surface area contributed by atoms with Crippen molar-refractivity contribution in [2.75, 3.05) is 11.1 Å². The van der Waals surface area contributed by atoms with Gasteiger partial charge < -0.3 is 11.1 Å². The van der Waals surface area contributed by atoms with E-state index in [0.717, 1.165) is 28.3 Å². The van der Waals surface area contributed by atoms with Crippen LogP contribution in [0.15, 0.2) is 12.1 Å². The molecule has 2 heterocycles. The van der Waals surface area contributed by atoms with E-state index in [1.165, 1.54) is 0 Å². The number of carbonyl (C=O) groups excluding carboxylic acids is 1. The predicted molar refractivity (Wildman–Crippen MR) is 79.4 cm³/mol. The van der Waals surface area contributed by atoms with Gasteiger partial charge in [-0.1, -0.05) is 11.6 Å². The Morgan fingerprint density at radius 2 is 2.10 bits per heavy atom. The molecule has 1 amide bonds. The summed E-state index contributed by atoms with van der Waals surface area (Å²) in [5, 5.41) is 7.91. The normalized spacial score (nSPS) is 14.1. The van der Waals surface area contributed by atoms with Gasteiger partial charge >= 0.3 is 0 Å². The number of carbonyl (C=O) groups is 1. The number of halogens is 1. The summed E-state index contributed by atoms with van der Waals surface area (Å²) in [5.74, 6) is 0.0267. The Morgan fingerprint density at radius 3 is 2.75 bits per heavy atom. The summed E-state index contributed by atoms with van der Waals surface area (Å²) in [7, 11) is 0. The van der Waals surface area contributed by atoms with Crippen molar-refractivity contribution in [2.24, 2.45) is 0 Å². The SMILES string of the molecule is Cc1nn(-c2cc3c(cc2N)NC(=O)CC3)c(C)c1Cl. The molecular weight excluding hydrogens is 276 g/mol. The highest BCUT2D eigenvalue weighted by atomic mass is 35.5. The molecular formula is C14H15ClN4O.